The lowest BCUT2D eigenvalue weighted by atomic mass is 10.0. The quantitative estimate of drug-likeness (QED) is 0.844. The van der Waals surface area contributed by atoms with E-state index in [9.17, 15) is 26.7 Å². The number of amides is 1. The summed E-state index contributed by atoms with van der Waals surface area (Å²) in [5.41, 5.74) is 1.45. The maximum absolute atomic E-state index is 12.8. The van der Waals surface area contributed by atoms with Gasteiger partial charge in [-0.05, 0) is 24.5 Å². The summed E-state index contributed by atoms with van der Waals surface area (Å²) < 4.78 is 61.6. The normalized spacial score (nSPS) is 13.9. The van der Waals surface area contributed by atoms with Gasteiger partial charge >= 0.3 is 18.0 Å². The van der Waals surface area contributed by atoms with Crippen molar-refractivity contribution in [1.29, 1.82) is 0 Å². The van der Waals surface area contributed by atoms with Crippen LogP contribution in [0.25, 0.3) is 0 Å². The van der Waals surface area contributed by atoms with Crippen molar-refractivity contribution in [3.63, 3.8) is 0 Å². The Morgan fingerprint density at radius 2 is 1.65 bits per heavy atom. The van der Waals surface area contributed by atoms with Crippen LogP contribution < -0.4 is 5.32 Å². The second-order valence-electron chi connectivity index (χ2n) is 4.36. The Morgan fingerprint density at radius 3 is 2.05 bits per heavy atom. The van der Waals surface area contributed by atoms with Crippen molar-refractivity contribution in [2.45, 2.75) is 38.4 Å². The number of benzene rings is 1. The van der Waals surface area contributed by atoms with Gasteiger partial charge in [0, 0.05) is 0 Å². The summed E-state index contributed by atoms with van der Waals surface area (Å²) in [6.07, 6.45) is -5.13. The van der Waals surface area contributed by atoms with E-state index in [0.717, 1.165) is 12.0 Å². The van der Waals surface area contributed by atoms with Gasteiger partial charge < -0.3 is 5.32 Å². The molecule has 0 unspecified atom stereocenters. The number of alkyl halides is 5. The van der Waals surface area contributed by atoms with E-state index in [4.69, 9.17) is 0 Å². The molecule has 1 atom stereocenters. The van der Waals surface area contributed by atoms with Crippen molar-refractivity contribution in [3.05, 3.63) is 35.4 Å². The number of aryl methyl sites for hydroxylation is 1. The molecule has 0 aliphatic rings. The lowest BCUT2D eigenvalue weighted by Gasteiger charge is -2.21. The molecule has 112 valence electrons. The summed E-state index contributed by atoms with van der Waals surface area (Å²) in [5.74, 6) is -7.75. The molecule has 1 aromatic rings. The summed E-state index contributed by atoms with van der Waals surface area (Å²) in [5, 5.41) is 1.67. The van der Waals surface area contributed by atoms with Crippen LogP contribution in [0.1, 0.15) is 31.0 Å². The zero-order valence-electron chi connectivity index (χ0n) is 10.9. The number of nitrogens with one attached hydrogen (secondary N) is 1. The van der Waals surface area contributed by atoms with Crippen LogP contribution in [0.15, 0.2) is 24.3 Å². The molecule has 2 nitrogen and oxygen atoms in total. The molecule has 1 N–H and O–H groups in total. The molecule has 0 saturated heterocycles. The minimum Gasteiger partial charge on any atom is -0.344 e. The summed E-state index contributed by atoms with van der Waals surface area (Å²) >= 11 is 0. The first kappa shape index (κ1) is 16.4. The van der Waals surface area contributed by atoms with E-state index in [-0.39, 0.29) is 0 Å². The monoisotopic (exact) mass is 295 g/mol. The highest BCUT2D eigenvalue weighted by atomic mass is 19.4. The average molecular weight is 295 g/mol. The van der Waals surface area contributed by atoms with Gasteiger partial charge in [-0.25, -0.2) is 0 Å². The zero-order valence-corrected chi connectivity index (χ0v) is 10.9. The fourth-order valence-electron chi connectivity index (χ4n) is 1.54. The van der Waals surface area contributed by atoms with Gasteiger partial charge in [-0.3, -0.25) is 4.79 Å². The summed E-state index contributed by atoms with van der Waals surface area (Å²) in [6, 6.07) is 5.66. The van der Waals surface area contributed by atoms with Gasteiger partial charge in [-0.2, -0.15) is 22.0 Å². The Kier molecular flexibility index (Phi) is 4.73. The molecule has 1 aromatic carbocycles. The summed E-state index contributed by atoms with van der Waals surface area (Å²) in [4.78, 5) is 11.0. The van der Waals surface area contributed by atoms with Crippen LogP contribution in [-0.4, -0.2) is 18.0 Å². The van der Waals surface area contributed by atoms with Crippen molar-refractivity contribution >= 4 is 5.91 Å². The van der Waals surface area contributed by atoms with Crippen LogP contribution in [0.4, 0.5) is 22.0 Å². The van der Waals surface area contributed by atoms with E-state index < -0.39 is 24.0 Å². The Labute approximate surface area is 113 Å². The molecule has 1 amide bonds. The van der Waals surface area contributed by atoms with Crippen LogP contribution >= 0.6 is 0 Å². The predicted octanol–water partition coefficient (Wildman–Crippen LogP) is 3.62. The maximum Gasteiger partial charge on any atom is 0.463 e. The van der Waals surface area contributed by atoms with Gasteiger partial charge in [-0.15, -0.1) is 0 Å². The molecule has 1 rings (SSSR count). The lowest BCUT2D eigenvalue weighted by molar-refractivity contribution is -0.270. The van der Waals surface area contributed by atoms with Gasteiger partial charge in [0.25, 0.3) is 0 Å². The van der Waals surface area contributed by atoms with Crippen LogP contribution in [0.2, 0.25) is 0 Å². The predicted molar refractivity (Wildman–Crippen MR) is 63.4 cm³/mol. The molecule has 0 heterocycles. The van der Waals surface area contributed by atoms with E-state index in [2.05, 4.69) is 0 Å². The molecular weight excluding hydrogens is 281 g/mol. The van der Waals surface area contributed by atoms with E-state index in [1.165, 1.54) is 6.92 Å². The summed E-state index contributed by atoms with van der Waals surface area (Å²) in [7, 11) is 0. The Bertz CT molecular complexity index is 467. The third-order valence-electron chi connectivity index (χ3n) is 2.88. The fourth-order valence-corrected chi connectivity index (χ4v) is 1.54. The number of halogens is 5. The molecule has 0 spiro atoms. The van der Waals surface area contributed by atoms with Gasteiger partial charge in [0.2, 0.25) is 0 Å². The zero-order chi connectivity index (χ0) is 15.6. The largest absolute Gasteiger partial charge is 0.463 e. The van der Waals surface area contributed by atoms with Crippen molar-refractivity contribution in [2.75, 3.05) is 0 Å². The van der Waals surface area contributed by atoms with Crippen molar-refractivity contribution in [1.82, 2.24) is 5.32 Å². The maximum atomic E-state index is 12.8. The first-order valence-corrected chi connectivity index (χ1v) is 5.94. The Balaban J connectivity index is 2.79. The molecule has 0 saturated carbocycles. The first-order chi connectivity index (χ1) is 9.09. The molecule has 0 aliphatic carbocycles. The second-order valence-corrected chi connectivity index (χ2v) is 4.36. The highest BCUT2D eigenvalue weighted by Gasteiger charge is 2.63. The standard InChI is InChI=1S/C13H14F5NO/c1-3-9-4-6-10(7-5-9)8(2)19-11(20)12(14,15)13(16,17)18/h4-8H,3H2,1-2H3,(H,19,20)/t8-/m0/s1. The summed E-state index contributed by atoms with van der Waals surface area (Å²) in [6.45, 7) is 3.26. The van der Waals surface area contributed by atoms with Crippen LogP contribution in [0.3, 0.4) is 0 Å². The highest BCUT2D eigenvalue weighted by molar-refractivity contribution is 5.84. The number of hydrogen-bond acceptors (Lipinski definition) is 1. The van der Waals surface area contributed by atoms with Crippen LogP contribution in [0, 0.1) is 0 Å². The van der Waals surface area contributed by atoms with Gasteiger partial charge in [0.05, 0.1) is 6.04 Å². The van der Waals surface area contributed by atoms with E-state index in [1.807, 2.05) is 6.92 Å². The van der Waals surface area contributed by atoms with Gasteiger partial charge in [0.1, 0.15) is 0 Å². The van der Waals surface area contributed by atoms with Crippen molar-refractivity contribution in [3.8, 4) is 0 Å². The average Bonchev–Trinajstić information content (AvgIpc) is 2.37. The smallest absolute Gasteiger partial charge is 0.344 e. The molecule has 0 aliphatic heterocycles. The van der Waals surface area contributed by atoms with Gasteiger partial charge in [-0.1, -0.05) is 31.2 Å². The SMILES string of the molecule is CCc1ccc([C@H](C)NC(=O)C(F)(F)C(F)(F)F)cc1. The molecule has 20 heavy (non-hydrogen) atoms. The van der Waals surface area contributed by atoms with Crippen molar-refractivity contribution < 1.29 is 26.7 Å². The molecule has 0 fully saturated rings. The molecule has 0 aromatic heterocycles. The third-order valence-corrected chi connectivity index (χ3v) is 2.88. The van der Waals surface area contributed by atoms with E-state index in [0.29, 0.717) is 5.56 Å². The molecule has 7 heteroatoms. The fraction of sp³-hybridized carbons (Fsp3) is 0.462. The van der Waals surface area contributed by atoms with Crippen LogP contribution in [-0.2, 0) is 11.2 Å². The Hall–Kier alpha value is -1.66. The van der Waals surface area contributed by atoms with E-state index >= 15 is 0 Å². The minimum absolute atomic E-state index is 0.452. The number of carbonyl (C=O) groups excluding carboxylic acids is 1. The number of hydrogen-bond donors (Lipinski definition) is 1. The Morgan fingerprint density at radius 1 is 1.15 bits per heavy atom. The van der Waals surface area contributed by atoms with Gasteiger partial charge in [0.15, 0.2) is 0 Å². The molecule has 0 radical (unpaired) electrons. The molecule has 0 bridgehead atoms. The van der Waals surface area contributed by atoms with E-state index in [1.54, 1.807) is 29.6 Å². The van der Waals surface area contributed by atoms with Crippen molar-refractivity contribution in [2.24, 2.45) is 0 Å². The topological polar surface area (TPSA) is 29.1 Å². The number of rotatable bonds is 4. The first-order valence-electron chi connectivity index (χ1n) is 5.94. The molecular formula is C13H14F5NO. The number of carbonyl (C=O) groups is 1. The second kappa shape index (κ2) is 5.76. The third kappa shape index (κ3) is 3.46. The minimum atomic E-state index is -5.90. The highest BCUT2D eigenvalue weighted by Crippen LogP contribution is 2.35. The van der Waals surface area contributed by atoms with Crippen LogP contribution in [0.5, 0.6) is 0 Å². The lowest BCUT2D eigenvalue weighted by Crippen LogP contribution is -2.50.